The molecule has 0 radical (unpaired) electrons. The van der Waals surface area contributed by atoms with Crippen LogP contribution in [0.4, 0.5) is 5.13 Å². The first-order chi connectivity index (χ1) is 11.3. The van der Waals surface area contributed by atoms with Crippen molar-refractivity contribution >= 4 is 33.7 Å². The van der Waals surface area contributed by atoms with Gasteiger partial charge in [-0.15, -0.1) is 15.3 Å². The summed E-state index contributed by atoms with van der Waals surface area (Å²) in [7, 11) is 1.58. The maximum absolute atomic E-state index is 12.3. The third kappa shape index (κ3) is 3.94. The van der Waals surface area contributed by atoms with Crippen molar-refractivity contribution in [3.63, 3.8) is 0 Å². The molecule has 3 rings (SSSR count). The Labute approximate surface area is 139 Å². The monoisotopic (exact) mass is 351 g/mol. The average Bonchev–Trinajstić information content (AvgIpc) is 3.28. The van der Waals surface area contributed by atoms with Crippen molar-refractivity contribution < 1.29 is 9.53 Å². The van der Waals surface area contributed by atoms with Crippen LogP contribution in [0, 0.1) is 0 Å². The summed E-state index contributed by atoms with van der Waals surface area (Å²) in [6, 6.07) is 1.69. The molecule has 11 heteroatoms. The fourth-order valence-electron chi connectivity index (χ4n) is 1.97. The minimum absolute atomic E-state index is 0.184. The van der Waals surface area contributed by atoms with Crippen molar-refractivity contribution in [1.82, 2.24) is 30.4 Å². The number of thiophene rings is 1. The quantitative estimate of drug-likeness (QED) is 0.684. The second-order valence-electron chi connectivity index (χ2n) is 4.55. The zero-order valence-corrected chi connectivity index (χ0v) is 13.8. The maximum atomic E-state index is 12.3. The van der Waals surface area contributed by atoms with Crippen molar-refractivity contribution in [3.05, 3.63) is 33.7 Å². The Morgan fingerprint density at radius 2 is 2.39 bits per heavy atom. The third-order valence-corrected chi connectivity index (χ3v) is 4.49. The van der Waals surface area contributed by atoms with Gasteiger partial charge in [0.2, 0.25) is 11.0 Å². The Bertz CT molecular complexity index is 707. The molecule has 1 N–H and O–H groups in total. The second kappa shape index (κ2) is 7.35. The van der Waals surface area contributed by atoms with E-state index in [0.717, 1.165) is 5.56 Å². The summed E-state index contributed by atoms with van der Waals surface area (Å²) >= 11 is 2.84. The molecule has 0 fully saturated rings. The molecular formula is C12H13N7O2S2. The van der Waals surface area contributed by atoms with Crippen molar-refractivity contribution in [2.24, 2.45) is 0 Å². The van der Waals surface area contributed by atoms with Gasteiger partial charge in [-0.25, -0.2) is 4.68 Å². The van der Waals surface area contributed by atoms with Gasteiger partial charge < -0.3 is 10.1 Å². The van der Waals surface area contributed by atoms with E-state index in [2.05, 4.69) is 31.0 Å². The summed E-state index contributed by atoms with van der Waals surface area (Å²) in [6.07, 6.45) is 1.69. The lowest BCUT2D eigenvalue weighted by Gasteiger charge is -2.14. The van der Waals surface area contributed by atoms with Crippen molar-refractivity contribution in [1.29, 1.82) is 0 Å². The smallest absolute Gasteiger partial charge is 0.228 e. The SMILES string of the molecule is COCc1nnc(NC(=O)CC(c2ccsc2)n2cnnn2)s1. The van der Waals surface area contributed by atoms with E-state index in [1.807, 2.05) is 16.8 Å². The molecule has 9 nitrogen and oxygen atoms in total. The highest BCUT2D eigenvalue weighted by molar-refractivity contribution is 7.15. The van der Waals surface area contributed by atoms with Crippen LogP contribution < -0.4 is 5.32 Å². The molecule has 3 aromatic rings. The van der Waals surface area contributed by atoms with Crippen LogP contribution in [0.5, 0.6) is 0 Å². The predicted octanol–water partition coefficient (Wildman–Crippen LogP) is 1.35. The summed E-state index contributed by atoms with van der Waals surface area (Å²) in [5, 5.41) is 26.8. The number of aromatic nitrogens is 6. The largest absolute Gasteiger partial charge is 0.377 e. The Morgan fingerprint density at radius 3 is 3.09 bits per heavy atom. The Kier molecular flexibility index (Phi) is 5.00. The molecule has 0 saturated heterocycles. The van der Waals surface area contributed by atoms with Crippen LogP contribution in [0.3, 0.4) is 0 Å². The highest BCUT2D eigenvalue weighted by Crippen LogP contribution is 2.24. The van der Waals surface area contributed by atoms with Crippen molar-refractivity contribution in [3.8, 4) is 0 Å². The molecule has 0 aromatic carbocycles. The first-order valence-electron chi connectivity index (χ1n) is 6.62. The van der Waals surface area contributed by atoms with Crippen LogP contribution in [0.15, 0.2) is 23.2 Å². The Balaban J connectivity index is 1.68. The lowest BCUT2D eigenvalue weighted by Crippen LogP contribution is -2.20. The maximum Gasteiger partial charge on any atom is 0.228 e. The summed E-state index contributed by atoms with van der Waals surface area (Å²) in [4.78, 5) is 12.3. The summed E-state index contributed by atoms with van der Waals surface area (Å²) in [6.45, 7) is 0.371. The number of nitrogens with one attached hydrogen (secondary N) is 1. The number of carbonyl (C=O) groups excluding carboxylic acids is 1. The third-order valence-electron chi connectivity index (χ3n) is 2.97. The summed E-state index contributed by atoms with van der Waals surface area (Å²) in [5.74, 6) is -0.184. The number of methoxy groups -OCH3 is 1. The van der Waals surface area contributed by atoms with E-state index in [-0.39, 0.29) is 18.4 Å². The van der Waals surface area contributed by atoms with Gasteiger partial charge in [0.25, 0.3) is 0 Å². The van der Waals surface area contributed by atoms with E-state index in [1.54, 1.807) is 23.1 Å². The molecule has 120 valence electrons. The molecule has 1 amide bonds. The lowest BCUT2D eigenvalue weighted by molar-refractivity contribution is -0.116. The van der Waals surface area contributed by atoms with Crippen LogP contribution >= 0.6 is 22.7 Å². The fourth-order valence-corrected chi connectivity index (χ4v) is 3.41. The van der Waals surface area contributed by atoms with Gasteiger partial charge in [0, 0.05) is 7.11 Å². The number of hydrogen-bond donors (Lipinski definition) is 1. The molecular weight excluding hydrogens is 338 g/mol. The lowest BCUT2D eigenvalue weighted by atomic mass is 10.1. The van der Waals surface area contributed by atoms with Gasteiger partial charge in [-0.1, -0.05) is 11.3 Å². The highest BCUT2D eigenvalue weighted by atomic mass is 32.1. The minimum atomic E-state index is -0.261. The molecule has 0 spiro atoms. The minimum Gasteiger partial charge on any atom is -0.377 e. The number of nitrogens with zero attached hydrogens (tertiary/aromatic N) is 6. The zero-order valence-electron chi connectivity index (χ0n) is 12.1. The van der Waals surface area contributed by atoms with Crippen molar-refractivity contribution in [2.45, 2.75) is 19.1 Å². The highest BCUT2D eigenvalue weighted by Gasteiger charge is 2.20. The van der Waals surface area contributed by atoms with E-state index >= 15 is 0 Å². The van der Waals surface area contributed by atoms with Crippen LogP contribution in [0.25, 0.3) is 0 Å². The van der Waals surface area contributed by atoms with E-state index < -0.39 is 0 Å². The standard InChI is InChI=1S/C12H13N7O2S2/c1-21-5-11-15-16-12(23-11)14-10(20)4-9(8-2-3-22-6-8)19-7-13-17-18-19/h2-3,6-7,9H,4-5H2,1H3,(H,14,16,20). The Hall–Kier alpha value is -2.24. The molecule has 3 aromatic heterocycles. The van der Waals surface area contributed by atoms with Gasteiger partial charge in [-0.3, -0.25) is 4.79 Å². The van der Waals surface area contributed by atoms with E-state index in [4.69, 9.17) is 4.74 Å². The van der Waals surface area contributed by atoms with Crippen LogP contribution in [0.1, 0.15) is 23.0 Å². The topological polar surface area (TPSA) is 108 Å². The summed E-state index contributed by atoms with van der Waals surface area (Å²) < 4.78 is 6.55. The van der Waals surface area contributed by atoms with Crippen LogP contribution in [-0.2, 0) is 16.1 Å². The molecule has 0 aliphatic heterocycles. The van der Waals surface area contributed by atoms with E-state index in [0.29, 0.717) is 16.7 Å². The number of ether oxygens (including phenoxy) is 1. The molecule has 0 aliphatic rings. The number of tetrazole rings is 1. The molecule has 0 bridgehead atoms. The Morgan fingerprint density at radius 1 is 1.48 bits per heavy atom. The number of anilines is 1. The number of rotatable bonds is 7. The molecule has 1 atom stereocenters. The number of carbonyl (C=O) groups is 1. The second-order valence-corrected chi connectivity index (χ2v) is 6.39. The van der Waals surface area contributed by atoms with Gasteiger partial charge in [-0.2, -0.15) is 11.3 Å². The van der Waals surface area contributed by atoms with Gasteiger partial charge in [0.1, 0.15) is 17.9 Å². The first-order valence-corrected chi connectivity index (χ1v) is 8.38. The first kappa shape index (κ1) is 15.6. The van der Waals surface area contributed by atoms with Crippen LogP contribution in [-0.4, -0.2) is 43.4 Å². The predicted molar refractivity (Wildman–Crippen MR) is 84.1 cm³/mol. The molecule has 0 aliphatic carbocycles. The number of amides is 1. The van der Waals surface area contributed by atoms with Gasteiger partial charge in [-0.05, 0) is 32.8 Å². The molecule has 23 heavy (non-hydrogen) atoms. The van der Waals surface area contributed by atoms with Gasteiger partial charge in [0.05, 0.1) is 12.5 Å². The zero-order chi connectivity index (χ0) is 16.1. The molecule has 3 heterocycles. The summed E-state index contributed by atoms with van der Waals surface area (Å²) in [5.41, 5.74) is 0.981. The normalized spacial score (nSPS) is 12.2. The van der Waals surface area contributed by atoms with E-state index in [1.165, 1.54) is 17.7 Å². The van der Waals surface area contributed by atoms with Gasteiger partial charge in [0.15, 0.2) is 0 Å². The number of hydrogen-bond acceptors (Lipinski definition) is 9. The van der Waals surface area contributed by atoms with Gasteiger partial charge >= 0.3 is 0 Å². The van der Waals surface area contributed by atoms with E-state index in [9.17, 15) is 4.79 Å². The van der Waals surface area contributed by atoms with Crippen molar-refractivity contribution in [2.75, 3.05) is 12.4 Å². The fraction of sp³-hybridized carbons (Fsp3) is 0.333. The molecule has 1 unspecified atom stereocenters. The molecule has 0 saturated carbocycles. The average molecular weight is 351 g/mol. The van der Waals surface area contributed by atoms with Crippen LogP contribution in [0.2, 0.25) is 0 Å².